The molecule has 2 N–H and O–H groups in total. The van der Waals surface area contributed by atoms with Crippen LogP contribution in [0.4, 0.5) is 5.69 Å². The molecule has 1 unspecified atom stereocenters. The molecule has 1 aliphatic heterocycles. The number of carbonyl (C=O) groups excluding carboxylic acids is 1. The zero-order valence-electron chi connectivity index (χ0n) is 14.0. The number of ether oxygens (including phenoxy) is 1. The van der Waals surface area contributed by atoms with Gasteiger partial charge < -0.3 is 15.2 Å². The first-order chi connectivity index (χ1) is 12.3. The van der Waals surface area contributed by atoms with Crippen molar-refractivity contribution in [3.8, 4) is 5.75 Å². The van der Waals surface area contributed by atoms with Crippen LogP contribution in [0, 0.1) is 5.92 Å². The Kier molecular flexibility index (Phi) is 5.13. The van der Waals surface area contributed by atoms with Crippen LogP contribution in [0.15, 0.2) is 36.4 Å². The maximum atomic E-state index is 12.3. The lowest BCUT2D eigenvalue weighted by molar-refractivity contribution is -0.139. The van der Waals surface area contributed by atoms with Gasteiger partial charge >= 0.3 is 5.97 Å². The predicted octanol–water partition coefficient (Wildman–Crippen LogP) is 2.07. The summed E-state index contributed by atoms with van der Waals surface area (Å²) in [5, 5.41) is 13.0. The van der Waals surface area contributed by atoms with Gasteiger partial charge in [0, 0.05) is 22.9 Å². The van der Waals surface area contributed by atoms with E-state index in [0.717, 1.165) is 5.39 Å². The van der Waals surface area contributed by atoms with Gasteiger partial charge in [0.2, 0.25) is 5.91 Å². The molecule has 2 aromatic carbocycles. The molecular formula is C18H19NO6S. The van der Waals surface area contributed by atoms with Crippen molar-refractivity contribution >= 4 is 38.2 Å². The number of aliphatic carboxylic acids is 1. The van der Waals surface area contributed by atoms with Crippen molar-refractivity contribution in [3.05, 3.63) is 36.4 Å². The molecule has 0 saturated carbocycles. The number of carboxylic acids is 1. The molecule has 1 heterocycles. The van der Waals surface area contributed by atoms with Gasteiger partial charge in [-0.15, -0.1) is 0 Å². The molecule has 1 amide bonds. The maximum Gasteiger partial charge on any atom is 0.341 e. The van der Waals surface area contributed by atoms with Gasteiger partial charge in [-0.3, -0.25) is 4.79 Å². The van der Waals surface area contributed by atoms with Crippen molar-refractivity contribution < 1.29 is 27.9 Å². The number of nitrogens with one attached hydrogen (secondary N) is 1. The van der Waals surface area contributed by atoms with Gasteiger partial charge in [0.25, 0.3) is 0 Å². The number of hydrogen-bond donors (Lipinski definition) is 2. The number of hydrogen-bond acceptors (Lipinski definition) is 5. The highest BCUT2D eigenvalue weighted by atomic mass is 32.2. The number of carbonyl (C=O) groups is 2. The average molecular weight is 377 g/mol. The van der Waals surface area contributed by atoms with Gasteiger partial charge in [0.15, 0.2) is 16.4 Å². The van der Waals surface area contributed by atoms with Crippen LogP contribution in [0.1, 0.15) is 12.8 Å². The molecule has 0 spiro atoms. The number of anilines is 1. The molecule has 0 aromatic heterocycles. The van der Waals surface area contributed by atoms with Crippen molar-refractivity contribution in [3.63, 3.8) is 0 Å². The number of carboxylic acid groups (broad SMARTS) is 1. The summed E-state index contributed by atoms with van der Waals surface area (Å²) in [5.74, 6) is -0.839. The van der Waals surface area contributed by atoms with Crippen LogP contribution >= 0.6 is 0 Å². The standard InChI is InChI=1S/C18H19NO6S/c20-17(9-12-7-8-26(23,24)11-12)19-15-5-6-16(25-10-18(21)22)14-4-2-1-3-13(14)15/h1-6,12H,7-11H2,(H,19,20)(H,21,22). The van der Waals surface area contributed by atoms with E-state index in [4.69, 9.17) is 9.84 Å². The predicted molar refractivity (Wildman–Crippen MR) is 97.1 cm³/mol. The summed E-state index contributed by atoms with van der Waals surface area (Å²) in [6, 6.07) is 10.5. The first-order valence-electron chi connectivity index (χ1n) is 8.21. The third-order valence-electron chi connectivity index (χ3n) is 4.31. The fourth-order valence-electron chi connectivity index (χ4n) is 3.14. The molecule has 8 heteroatoms. The highest BCUT2D eigenvalue weighted by Crippen LogP contribution is 2.32. The molecule has 1 saturated heterocycles. The number of sulfone groups is 1. The van der Waals surface area contributed by atoms with E-state index < -0.39 is 22.4 Å². The Bertz CT molecular complexity index is 953. The molecule has 7 nitrogen and oxygen atoms in total. The maximum absolute atomic E-state index is 12.3. The quantitative estimate of drug-likeness (QED) is 0.797. The Morgan fingerprint density at radius 3 is 2.54 bits per heavy atom. The Balaban J connectivity index is 1.77. The minimum absolute atomic E-state index is 0.0587. The normalized spacial score (nSPS) is 18.5. The second-order valence-electron chi connectivity index (χ2n) is 6.36. The van der Waals surface area contributed by atoms with Crippen LogP contribution in [-0.2, 0) is 19.4 Å². The van der Waals surface area contributed by atoms with E-state index in [1.165, 1.54) is 0 Å². The summed E-state index contributed by atoms with van der Waals surface area (Å²) < 4.78 is 28.3. The number of benzene rings is 2. The number of fused-ring (bicyclic) bond motifs is 1. The van der Waals surface area contributed by atoms with Gasteiger partial charge in [-0.05, 0) is 24.5 Å². The summed E-state index contributed by atoms with van der Waals surface area (Å²) in [4.78, 5) is 23.0. The molecule has 3 rings (SSSR count). The molecule has 0 bridgehead atoms. The lowest BCUT2D eigenvalue weighted by atomic mass is 10.0. The summed E-state index contributed by atoms with van der Waals surface area (Å²) in [6.45, 7) is -0.453. The van der Waals surface area contributed by atoms with Crippen LogP contribution in [0.3, 0.4) is 0 Å². The second kappa shape index (κ2) is 7.33. The SMILES string of the molecule is O=C(O)COc1ccc(NC(=O)CC2CCS(=O)(=O)C2)c2ccccc12. The second-order valence-corrected chi connectivity index (χ2v) is 8.59. The van der Waals surface area contributed by atoms with E-state index in [1.807, 2.05) is 6.07 Å². The summed E-state index contributed by atoms with van der Waals surface area (Å²) in [6.07, 6.45) is 0.670. The topological polar surface area (TPSA) is 110 Å². The van der Waals surface area contributed by atoms with Crippen molar-refractivity contribution in [2.45, 2.75) is 12.8 Å². The Morgan fingerprint density at radius 1 is 1.15 bits per heavy atom. The number of amides is 1. The minimum Gasteiger partial charge on any atom is -0.481 e. The molecule has 0 radical (unpaired) electrons. The average Bonchev–Trinajstić information content (AvgIpc) is 2.92. The van der Waals surface area contributed by atoms with Gasteiger partial charge in [-0.25, -0.2) is 13.2 Å². The van der Waals surface area contributed by atoms with Crippen LogP contribution in [-0.4, -0.2) is 43.5 Å². The summed E-state index contributed by atoms with van der Waals surface area (Å²) in [7, 11) is -3.01. The molecule has 1 atom stereocenters. The summed E-state index contributed by atoms with van der Waals surface area (Å²) >= 11 is 0. The summed E-state index contributed by atoms with van der Waals surface area (Å²) in [5.41, 5.74) is 0.578. The zero-order chi connectivity index (χ0) is 18.7. The van der Waals surface area contributed by atoms with E-state index in [9.17, 15) is 18.0 Å². The molecule has 1 aliphatic rings. The number of rotatable bonds is 6. The van der Waals surface area contributed by atoms with E-state index in [2.05, 4.69) is 5.32 Å². The lowest BCUT2D eigenvalue weighted by Gasteiger charge is -2.13. The van der Waals surface area contributed by atoms with Crippen molar-refractivity contribution in [1.29, 1.82) is 0 Å². The largest absolute Gasteiger partial charge is 0.481 e. The van der Waals surface area contributed by atoms with E-state index >= 15 is 0 Å². The Labute approximate surface area is 150 Å². The highest BCUT2D eigenvalue weighted by molar-refractivity contribution is 7.91. The Hall–Kier alpha value is -2.61. The van der Waals surface area contributed by atoms with Crippen molar-refractivity contribution in [2.24, 2.45) is 5.92 Å². The molecule has 138 valence electrons. The zero-order valence-corrected chi connectivity index (χ0v) is 14.8. The van der Waals surface area contributed by atoms with Crippen molar-refractivity contribution in [1.82, 2.24) is 0 Å². The fraction of sp³-hybridized carbons (Fsp3) is 0.333. The molecular weight excluding hydrogens is 358 g/mol. The third-order valence-corrected chi connectivity index (χ3v) is 6.15. The van der Waals surface area contributed by atoms with E-state index in [1.54, 1.807) is 30.3 Å². The van der Waals surface area contributed by atoms with E-state index in [-0.39, 0.29) is 29.8 Å². The first kappa shape index (κ1) is 18.2. The monoisotopic (exact) mass is 377 g/mol. The van der Waals surface area contributed by atoms with Crippen molar-refractivity contribution in [2.75, 3.05) is 23.4 Å². The minimum atomic E-state index is -3.01. The molecule has 2 aromatic rings. The van der Waals surface area contributed by atoms with E-state index in [0.29, 0.717) is 23.2 Å². The Morgan fingerprint density at radius 2 is 1.88 bits per heavy atom. The van der Waals surface area contributed by atoms with Crippen LogP contribution in [0.2, 0.25) is 0 Å². The van der Waals surface area contributed by atoms with Gasteiger partial charge in [0.05, 0.1) is 11.5 Å². The molecule has 0 aliphatic carbocycles. The first-order valence-corrected chi connectivity index (χ1v) is 10.0. The van der Waals surface area contributed by atoms with Crippen LogP contribution in [0.25, 0.3) is 10.8 Å². The third kappa shape index (κ3) is 4.32. The van der Waals surface area contributed by atoms with Crippen LogP contribution in [0.5, 0.6) is 5.75 Å². The smallest absolute Gasteiger partial charge is 0.341 e. The van der Waals surface area contributed by atoms with Gasteiger partial charge in [-0.1, -0.05) is 24.3 Å². The van der Waals surface area contributed by atoms with Gasteiger partial charge in [0.1, 0.15) is 5.75 Å². The molecule has 26 heavy (non-hydrogen) atoms. The molecule has 1 fully saturated rings. The highest BCUT2D eigenvalue weighted by Gasteiger charge is 2.29. The van der Waals surface area contributed by atoms with Crippen LogP contribution < -0.4 is 10.1 Å². The lowest BCUT2D eigenvalue weighted by Crippen LogP contribution is -2.17. The van der Waals surface area contributed by atoms with Gasteiger partial charge in [-0.2, -0.15) is 0 Å². The fourth-order valence-corrected chi connectivity index (χ4v) is 5.00.